The molecule has 1 amide bonds. The molecule has 3 N–H and O–H groups in total. The maximum absolute atomic E-state index is 12.3. The summed E-state index contributed by atoms with van der Waals surface area (Å²) in [4.78, 5) is 19.5. The zero-order chi connectivity index (χ0) is 22.0. The molecule has 168 valence electrons. The first-order valence-corrected chi connectivity index (χ1v) is 11.1. The van der Waals surface area contributed by atoms with Crippen molar-refractivity contribution >= 4 is 11.9 Å². The first-order chi connectivity index (χ1) is 14.4. The average molecular weight is 418 g/mol. The Morgan fingerprint density at radius 2 is 1.80 bits per heavy atom. The van der Waals surface area contributed by atoms with Gasteiger partial charge in [0.05, 0.1) is 25.1 Å². The van der Waals surface area contributed by atoms with Crippen LogP contribution in [0.15, 0.2) is 29.3 Å². The van der Waals surface area contributed by atoms with Gasteiger partial charge in [0.1, 0.15) is 5.75 Å². The number of nitrogens with one attached hydrogen (secondary N) is 3. The van der Waals surface area contributed by atoms with E-state index in [2.05, 4.69) is 33.0 Å². The van der Waals surface area contributed by atoms with Gasteiger partial charge in [0.25, 0.3) is 0 Å². The fraction of sp³-hybridized carbons (Fsp3) is 0.652. The molecule has 0 bridgehead atoms. The van der Waals surface area contributed by atoms with Crippen molar-refractivity contribution in [3.05, 3.63) is 29.8 Å². The van der Waals surface area contributed by atoms with Crippen LogP contribution in [0.25, 0.3) is 0 Å². The Bertz CT molecular complexity index is 699. The maximum atomic E-state index is 12.3. The minimum atomic E-state index is -0.560. The highest BCUT2D eigenvalue weighted by Crippen LogP contribution is 2.31. The highest BCUT2D eigenvalue weighted by Gasteiger charge is 2.28. The topological polar surface area (TPSA) is 78.0 Å². The van der Waals surface area contributed by atoms with Gasteiger partial charge in [-0.05, 0) is 59.7 Å². The molecule has 0 spiro atoms. The highest BCUT2D eigenvalue weighted by molar-refractivity contribution is 5.83. The minimum Gasteiger partial charge on any atom is -0.496 e. The number of rotatable bonds is 10. The molecule has 1 heterocycles. The lowest BCUT2D eigenvalue weighted by Crippen LogP contribution is -2.44. The molecule has 1 saturated heterocycles. The first kappa shape index (κ1) is 24.0. The van der Waals surface area contributed by atoms with Crippen molar-refractivity contribution in [1.82, 2.24) is 20.9 Å². The van der Waals surface area contributed by atoms with Crippen LogP contribution in [0.3, 0.4) is 0 Å². The summed E-state index contributed by atoms with van der Waals surface area (Å²) in [5.41, 5.74) is 0.628. The smallest absolute Gasteiger partial charge is 0.227 e. The quantitative estimate of drug-likeness (QED) is 0.403. The monoisotopic (exact) mass is 417 g/mol. The van der Waals surface area contributed by atoms with Crippen LogP contribution in [0, 0.1) is 5.41 Å². The molecule has 1 aliphatic heterocycles. The molecule has 7 heteroatoms. The van der Waals surface area contributed by atoms with Crippen LogP contribution < -0.4 is 20.7 Å². The van der Waals surface area contributed by atoms with Gasteiger partial charge < -0.3 is 20.7 Å². The Kier molecular flexibility index (Phi) is 9.43. The first-order valence-electron chi connectivity index (χ1n) is 11.1. The lowest BCUT2D eigenvalue weighted by Gasteiger charge is -2.30. The summed E-state index contributed by atoms with van der Waals surface area (Å²) < 4.78 is 5.64. The third kappa shape index (κ3) is 6.62. The Balaban J connectivity index is 2.14. The summed E-state index contributed by atoms with van der Waals surface area (Å²) in [6.45, 7) is 12.5. The van der Waals surface area contributed by atoms with Gasteiger partial charge >= 0.3 is 0 Å². The Labute approximate surface area is 181 Å². The Hall–Kier alpha value is -2.28. The number of likely N-dealkylation sites (tertiary alicyclic amines) is 1. The number of carbonyl (C=O) groups excluding carboxylic acids is 1. The number of para-hydroxylation sites is 1. The molecule has 0 aromatic heterocycles. The van der Waals surface area contributed by atoms with E-state index in [0.717, 1.165) is 31.3 Å². The maximum Gasteiger partial charge on any atom is 0.227 e. The van der Waals surface area contributed by atoms with Gasteiger partial charge in [0.2, 0.25) is 5.91 Å². The normalized spacial score (nSPS) is 16.2. The number of hydrogen-bond donors (Lipinski definition) is 3. The number of guanidine groups is 1. The molecular formula is C23H39N5O2. The molecule has 1 atom stereocenters. The van der Waals surface area contributed by atoms with Crippen LogP contribution in [0.1, 0.15) is 52.1 Å². The molecular weight excluding hydrogens is 378 g/mol. The van der Waals surface area contributed by atoms with Crippen LogP contribution in [0.4, 0.5) is 0 Å². The predicted molar refractivity (Wildman–Crippen MR) is 123 cm³/mol. The van der Waals surface area contributed by atoms with E-state index in [1.54, 1.807) is 7.11 Å². The number of ether oxygens (including phenoxy) is 1. The second-order valence-corrected chi connectivity index (χ2v) is 8.32. The van der Waals surface area contributed by atoms with Crippen molar-refractivity contribution in [3.63, 3.8) is 0 Å². The fourth-order valence-corrected chi connectivity index (χ4v) is 3.71. The van der Waals surface area contributed by atoms with E-state index in [0.29, 0.717) is 19.6 Å². The molecule has 0 saturated carbocycles. The molecule has 0 aliphatic carbocycles. The lowest BCUT2D eigenvalue weighted by atomic mass is 9.92. The van der Waals surface area contributed by atoms with Crippen LogP contribution in [0.2, 0.25) is 0 Å². The van der Waals surface area contributed by atoms with Crippen LogP contribution in [0.5, 0.6) is 5.75 Å². The van der Waals surface area contributed by atoms with Crippen molar-refractivity contribution in [2.75, 3.05) is 46.4 Å². The molecule has 2 rings (SSSR count). The van der Waals surface area contributed by atoms with Gasteiger partial charge in [-0.3, -0.25) is 14.7 Å². The number of nitrogens with zero attached hydrogens (tertiary/aromatic N) is 2. The number of amides is 1. The molecule has 0 radical (unpaired) electrons. The van der Waals surface area contributed by atoms with Crippen LogP contribution in [-0.2, 0) is 4.79 Å². The zero-order valence-corrected chi connectivity index (χ0v) is 19.3. The highest BCUT2D eigenvalue weighted by atomic mass is 16.5. The summed E-state index contributed by atoms with van der Waals surface area (Å²) in [6, 6.07) is 8.43. The van der Waals surface area contributed by atoms with Gasteiger partial charge in [0, 0.05) is 25.2 Å². The number of carbonyl (C=O) groups is 1. The molecule has 1 fully saturated rings. The number of aliphatic imine (C=N–C) groups is 1. The standard InChI is InChI=1S/C23H39N5O2/c1-6-24-21(29)23(3,4)17-27-22(25-7-2)26-16-19(28-14-10-11-15-28)18-12-8-9-13-20(18)30-5/h8-9,12-13,19H,6-7,10-11,14-17H2,1-5H3,(H,24,29)(H2,25,26,27). The molecule has 1 aromatic carbocycles. The Morgan fingerprint density at radius 3 is 2.43 bits per heavy atom. The second kappa shape index (κ2) is 11.8. The van der Waals surface area contributed by atoms with Gasteiger partial charge in [-0.15, -0.1) is 0 Å². The van der Waals surface area contributed by atoms with E-state index in [4.69, 9.17) is 9.73 Å². The molecule has 30 heavy (non-hydrogen) atoms. The number of benzene rings is 1. The van der Waals surface area contributed by atoms with E-state index in [-0.39, 0.29) is 11.9 Å². The van der Waals surface area contributed by atoms with Gasteiger partial charge in [-0.1, -0.05) is 18.2 Å². The summed E-state index contributed by atoms with van der Waals surface area (Å²) in [6.07, 6.45) is 2.45. The van der Waals surface area contributed by atoms with Crippen molar-refractivity contribution in [2.45, 2.75) is 46.6 Å². The van der Waals surface area contributed by atoms with Crippen molar-refractivity contribution in [3.8, 4) is 5.75 Å². The SMILES string of the molecule is CCNC(=O)C(C)(C)CN=C(NCC)NCC(c1ccccc1OC)N1CCCC1. The zero-order valence-electron chi connectivity index (χ0n) is 19.3. The molecule has 7 nitrogen and oxygen atoms in total. The average Bonchev–Trinajstić information content (AvgIpc) is 3.27. The van der Waals surface area contributed by atoms with E-state index in [9.17, 15) is 4.79 Å². The van der Waals surface area contributed by atoms with E-state index >= 15 is 0 Å². The molecule has 1 unspecified atom stereocenters. The van der Waals surface area contributed by atoms with E-state index in [1.165, 1.54) is 18.4 Å². The van der Waals surface area contributed by atoms with Gasteiger partial charge in [-0.25, -0.2) is 0 Å². The summed E-state index contributed by atoms with van der Waals surface area (Å²) >= 11 is 0. The molecule has 1 aliphatic rings. The summed E-state index contributed by atoms with van der Waals surface area (Å²) in [7, 11) is 1.72. The number of hydrogen-bond acceptors (Lipinski definition) is 4. The van der Waals surface area contributed by atoms with Crippen LogP contribution in [-0.4, -0.2) is 63.1 Å². The third-order valence-electron chi connectivity index (χ3n) is 5.47. The van der Waals surface area contributed by atoms with E-state index < -0.39 is 5.41 Å². The fourth-order valence-electron chi connectivity index (χ4n) is 3.71. The summed E-state index contributed by atoms with van der Waals surface area (Å²) in [5, 5.41) is 9.70. The van der Waals surface area contributed by atoms with Crippen LogP contribution >= 0.6 is 0 Å². The van der Waals surface area contributed by atoms with E-state index in [1.807, 2.05) is 39.8 Å². The Morgan fingerprint density at radius 1 is 1.13 bits per heavy atom. The third-order valence-corrected chi connectivity index (χ3v) is 5.47. The largest absolute Gasteiger partial charge is 0.496 e. The lowest BCUT2D eigenvalue weighted by molar-refractivity contribution is -0.128. The molecule has 1 aromatic rings. The second-order valence-electron chi connectivity index (χ2n) is 8.32. The van der Waals surface area contributed by atoms with Crippen molar-refractivity contribution in [1.29, 1.82) is 0 Å². The van der Waals surface area contributed by atoms with Crippen molar-refractivity contribution in [2.24, 2.45) is 10.4 Å². The van der Waals surface area contributed by atoms with Gasteiger partial charge in [0.15, 0.2) is 5.96 Å². The predicted octanol–water partition coefficient (Wildman–Crippen LogP) is 2.55. The summed E-state index contributed by atoms with van der Waals surface area (Å²) in [5.74, 6) is 1.66. The van der Waals surface area contributed by atoms with Gasteiger partial charge in [-0.2, -0.15) is 0 Å². The minimum absolute atomic E-state index is 0.0218. The van der Waals surface area contributed by atoms with Crippen molar-refractivity contribution < 1.29 is 9.53 Å². The number of methoxy groups -OCH3 is 1.